The molecule has 38 heavy (non-hydrogen) atoms. The maximum Gasteiger partial charge on any atom is 0.416 e. The molecule has 9 nitrogen and oxygen atoms in total. The lowest BCUT2D eigenvalue weighted by atomic mass is 10.2. The smallest absolute Gasteiger partial charge is 0.416 e. The zero-order valence-corrected chi connectivity index (χ0v) is 20.0. The Bertz CT molecular complexity index is 1310. The number of ether oxygens (including phenoxy) is 2. The molecule has 198 valence electrons. The van der Waals surface area contributed by atoms with Crippen LogP contribution in [0, 0.1) is 0 Å². The number of hydrogen-bond acceptors (Lipinski definition) is 6. The minimum Gasteiger partial charge on any atom is -0.492 e. The van der Waals surface area contributed by atoms with Gasteiger partial charge in [0, 0.05) is 5.69 Å². The van der Waals surface area contributed by atoms with Gasteiger partial charge in [0.25, 0.3) is 5.91 Å². The van der Waals surface area contributed by atoms with Crippen LogP contribution in [-0.2, 0) is 20.6 Å². The molecule has 3 aromatic carbocycles. The Morgan fingerprint density at radius 3 is 2.34 bits per heavy atom. The van der Waals surface area contributed by atoms with E-state index in [4.69, 9.17) is 9.47 Å². The first-order valence-electron chi connectivity index (χ1n) is 11.2. The Hall–Kier alpha value is -4.87. The van der Waals surface area contributed by atoms with E-state index in [-0.39, 0.29) is 5.69 Å². The maximum absolute atomic E-state index is 12.8. The number of amides is 3. The van der Waals surface area contributed by atoms with Crippen molar-refractivity contribution < 1.29 is 37.0 Å². The molecule has 0 atom stereocenters. The number of anilines is 2. The molecular weight excluding hydrogens is 505 g/mol. The van der Waals surface area contributed by atoms with E-state index in [0.29, 0.717) is 29.4 Å². The van der Waals surface area contributed by atoms with E-state index in [0.717, 1.165) is 12.1 Å². The molecule has 0 heterocycles. The second-order valence-electron chi connectivity index (χ2n) is 7.57. The number of hydrogen-bond donors (Lipinski definition) is 3. The van der Waals surface area contributed by atoms with Crippen molar-refractivity contribution in [2.45, 2.75) is 13.1 Å². The van der Waals surface area contributed by atoms with Crippen LogP contribution in [0.2, 0.25) is 0 Å². The standard InChI is InChI=1S/C26H23F3N4O5/c1-2-37-22-9-4-3-8-21(22)32-24(35)25(36)33-30-15-17-10-12-20(13-11-17)38-16-23(34)31-19-7-5-6-18(14-19)26(27,28)29/h3-15H,2,16H2,1H3,(H,31,34)(H,32,35)(H,33,36)/b30-15-. The summed E-state index contributed by atoms with van der Waals surface area (Å²) in [6, 6.07) is 17.1. The fourth-order valence-electron chi connectivity index (χ4n) is 3.02. The molecule has 3 rings (SSSR count). The minimum absolute atomic E-state index is 0.00536. The maximum atomic E-state index is 12.8. The zero-order valence-electron chi connectivity index (χ0n) is 20.0. The Morgan fingerprint density at radius 1 is 0.895 bits per heavy atom. The van der Waals surface area contributed by atoms with Crippen LogP contribution >= 0.6 is 0 Å². The summed E-state index contributed by atoms with van der Waals surface area (Å²) in [6.45, 7) is 1.75. The fourth-order valence-corrected chi connectivity index (χ4v) is 3.02. The minimum atomic E-state index is -4.52. The number of rotatable bonds is 9. The Labute approximate surface area is 215 Å². The van der Waals surface area contributed by atoms with E-state index >= 15 is 0 Å². The van der Waals surface area contributed by atoms with Crippen LogP contribution < -0.4 is 25.5 Å². The largest absolute Gasteiger partial charge is 0.492 e. The molecule has 0 fully saturated rings. The van der Waals surface area contributed by atoms with Crippen LogP contribution in [0.1, 0.15) is 18.1 Å². The van der Waals surface area contributed by atoms with Gasteiger partial charge in [0.2, 0.25) is 0 Å². The zero-order chi connectivity index (χ0) is 27.5. The van der Waals surface area contributed by atoms with Crippen molar-refractivity contribution in [1.29, 1.82) is 0 Å². The molecule has 0 aliphatic carbocycles. The lowest BCUT2D eigenvalue weighted by molar-refractivity contribution is -0.137. The summed E-state index contributed by atoms with van der Waals surface area (Å²) in [5.41, 5.74) is 2.13. The molecule has 3 N–H and O–H groups in total. The molecule has 0 bridgehead atoms. The third kappa shape index (κ3) is 8.36. The number of hydrazone groups is 1. The fraction of sp³-hybridized carbons (Fsp3) is 0.154. The quantitative estimate of drug-likeness (QED) is 0.219. The predicted molar refractivity (Wildman–Crippen MR) is 134 cm³/mol. The average Bonchev–Trinajstić information content (AvgIpc) is 2.89. The Morgan fingerprint density at radius 2 is 1.63 bits per heavy atom. The van der Waals surface area contributed by atoms with Gasteiger partial charge in [-0.1, -0.05) is 18.2 Å². The van der Waals surface area contributed by atoms with Crippen LogP contribution in [0.15, 0.2) is 77.9 Å². The Kier molecular flexibility index (Phi) is 9.41. The summed E-state index contributed by atoms with van der Waals surface area (Å²) in [6.07, 6.45) is -3.23. The van der Waals surface area contributed by atoms with Gasteiger partial charge in [-0.25, -0.2) is 5.43 Å². The van der Waals surface area contributed by atoms with Gasteiger partial charge in [-0.2, -0.15) is 18.3 Å². The van der Waals surface area contributed by atoms with E-state index in [2.05, 4.69) is 21.2 Å². The highest BCUT2D eigenvalue weighted by atomic mass is 19.4. The molecule has 12 heteroatoms. The van der Waals surface area contributed by atoms with E-state index in [1.54, 1.807) is 43.3 Å². The predicted octanol–water partition coefficient (Wildman–Crippen LogP) is 4.21. The van der Waals surface area contributed by atoms with Gasteiger partial charge in [0.1, 0.15) is 11.5 Å². The number of nitrogens with one attached hydrogen (secondary N) is 3. The summed E-state index contributed by atoms with van der Waals surface area (Å²) in [5, 5.41) is 8.53. The van der Waals surface area contributed by atoms with E-state index < -0.39 is 36.1 Å². The summed E-state index contributed by atoms with van der Waals surface area (Å²) >= 11 is 0. The molecule has 3 amide bonds. The average molecular weight is 528 g/mol. The van der Waals surface area contributed by atoms with Gasteiger partial charge in [-0.15, -0.1) is 0 Å². The van der Waals surface area contributed by atoms with Gasteiger partial charge in [-0.3, -0.25) is 14.4 Å². The summed E-state index contributed by atoms with van der Waals surface area (Å²) < 4.78 is 49.1. The number of para-hydroxylation sites is 2. The third-order valence-electron chi connectivity index (χ3n) is 4.74. The highest BCUT2D eigenvalue weighted by molar-refractivity contribution is 6.39. The normalized spacial score (nSPS) is 11.1. The van der Waals surface area contributed by atoms with Crippen molar-refractivity contribution in [3.05, 3.63) is 83.9 Å². The first-order valence-corrected chi connectivity index (χ1v) is 11.2. The molecule has 0 spiro atoms. The van der Waals surface area contributed by atoms with Crippen molar-refractivity contribution in [2.24, 2.45) is 5.10 Å². The molecule has 0 saturated carbocycles. The van der Waals surface area contributed by atoms with Crippen LogP contribution in [0.3, 0.4) is 0 Å². The molecule has 0 aliphatic heterocycles. The summed E-state index contributed by atoms with van der Waals surface area (Å²) in [7, 11) is 0. The molecule has 0 aromatic heterocycles. The molecule has 0 aliphatic rings. The number of alkyl halides is 3. The van der Waals surface area contributed by atoms with E-state index in [1.165, 1.54) is 30.5 Å². The van der Waals surface area contributed by atoms with Crippen molar-refractivity contribution >= 4 is 35.3 Å². The van der Waals surface area contributed by atoms with E-state index in [1.807, 2.05) is 0 Å². The lowest BCUT2D eigenvalue weighted by Gasteiger charge is -2.10. The first kappa shape index (κ1) is 27.7. The number of nitrogens with zero attached hydrogens (tertiary/aromatic N) is 1. The van der Waals surface area contributed by atoms with Gasteiger partial charge in [0.15, 0.2) is 6.61 Å². The van der Waals surface area contributed by atoms with Crippen molar-refractivity contribution in [3.63, 3.8) is 0 Å². The van der Waals surface area contributed by atoms with Crippen LogP contribution in [0.4, 0.5) is 24.5 Å². The molecule has 0 radical (unpaired) electrons. The lowest BCUT2D eigenvalue weighted by Crippen LogP contribution is -2.32. The second kappa shape index (κ2) is 12.9. The van der Waals surface area contributed by atoms with Crippen molar-refractivity contribution in [1.82, 2.24) is 5.43 Å². The molecular formula is C26H23F3N4O5. The van der Waals surface area contributed by atoms with Gasteiger partial charge < -0.3 is 20.1 Å². The van der Waals surface area contributed by atoms with Crippen molar-refractivity contribution in [2.75, 3.05) is 23.8 Å². The third-order valence-corrected chi connectivity index (χ3v) is 4.74. The van der Waals surface area contributed by atoms with Crippen molar-refractivity contribution in [3.8, 4) is 11.5 Å². The van der Waals surface area contributed by atoms with Gasteiger partial charge in [-0.05, 0) is 67.1 Å². The molecule has 0 saturated heterocycles. The first-order chi connectivity index (χ1) is 18.2. The highest BCUT2D eigenvalue weighted by Crippen LogP contribution is 2.30. The second-order valence-corrected chi connectivity index (χ2v) is 7.57. The molecule has 0 unspecified atom stereocenters. The van der Waals surface area contributed by atoms with Gasteiger partial charge in [0.05, 0.1) is 24.1 Å². The number of carbonyl (C=O) groups is 3. The van der Waals surface area contributed by atoms with Crippen LogP contribution in [0.5, 0.6) is 11.5 Å². The van der Waals surface area contributed by atoms with Crippen LogP contribution in [0.25, 0.3) is 0 Å². The van der Waals surface area contributed by atoms with E-state index in [9.17, 15) is 27.6 Å². The van der Waals surface area contributed by atoms with Gasteiger partial charge >= 0.3 is 18.0 Å². The van der Waals surface area contributed by atoms with Crippen LogP contribution in [-0.4, -0.2) is 37.1 Å². The summed E-state index contributed by atoms with van der Waals surface area (Å²) in [5.74, 6) is -1.81. The summed E-state index contributed by atoms with van der Waals surface area (Å²) in [4.78, 5) is 36.1. The highest BCUT2D eigenvalue weighted by Gasteiger charge is 2.30. The topological polar surface area (TPSA) is 118 Å². The monoisotopic (exact) mass is 528 g/mol. The number of carbonyl (C=O) groups excluding carboxylic acids is 3. The number of benzene rings is 3. The SMILES string of the molecule is CCOc1ccccc1NC(=O)C(=O)N/N=C\c1ccc(OCC(=O)Nc2cccc(C(F)(F)F)c2)cc1. The molecule has 3 aromatic rings. The number of halogens is 3. The Balaban J connectivity index is 1.45.